The highest BCUT2D eigenvalue weighted by molar-refractivity contribution is 7.34. The van der Waals surface area contributed by atoms with Crippen LogP contribution in [0.25, 0.3) is 0 Å². The second-order valence-corrected chi connectivity index (χ2v) is 5.38. The van der Waals surface area contributed by atoms with E-state index in [0.29, 0.717) is 16.4 Å². The molecule has 0 spiro atoms. The molecular weight excluding hydrogens is 255 g/mol. The Morgan fingerprint density at radius 2 is 1.58 bits per heavy atom. The maximum atomic E-state index is 12.6. The van der Waals surface area contributed by atoms with Crippen LogP contribution in [-0.4, -0.2) is 5.78 Å². The van der Waals surface area contributed by atoms with Crippen molar-refractivity contribution in [1.82, 2.24) is 0 Å². The first-order valence-corrected chi connectivity index (χ1v) is 6.90. The van der Waals surface area contributed by atoms with E-state index in [1.807, 2.05) is 32.9 Å². The fraction of sp³-hybridized carbons (Fsp3) is 0.188. The Balaban J connectivity index is 2.60. The van der Waals surface area contributed by atoms with Gasteiger partial charge in [0.05, 0.1) is 5.30 Å². The Kier molecular flexibility index (Phi) is 3.92. The molecule has 0 N–H and O–H groups in total. The second kappa shape index (κ2) is 5.46. The van der Waals surface area contributed by atoms with Gasteiger partial charge in [-0.25, -0.2) is 0 Å². The van der Waals surface area contributed by atoms with Gasteiger partial charge in [-0.1, -0.05) is 29.8 Å². The molecule has 2 aromatic carbocycles. The summed E-state index contributed by atoms with van der Waals surface area (Å²) in [5, 5.41) is 0.534. The molecule has 0 heterocycles. The lowest BCUT2D eigenvalue weighted by molar-refractivity contribution is 0.103. The predicted octanol–water partition coefficient (Wildman–Crippen LogP) is 3.76. The van der Waals surface area contributed by atoms with E-state index in [0.717, 1.165) is 16.7 Å². The molecule has 0 atom stereocenters. The maximum Gasteiger partial charge on any atom is 0.194 e. The molecule has 2 aromatic rings. The van der Waals surface area contributed by atoms with Crippen LogP contribution < -0.4 is 5.30 Å². The Morgan fingerprint density at radius 1 is 1.00 bits per heavy atom. The maximum absolute atomic E-state index is 12.6. The van der Waals surface area contributed by atoms with Crippen molar-refractivity contribution in [2.75, 3.05) is 0 Å². The van der Waals surface area contributed by atoms with E-state index in [1.165, 1.54) is 0 Å². The van der Waals surface area contributed by atoms with Gasteiger partial charge in [0.25, 0.3) is 0 Å². The van der Waals surface area contributed by atoms with Crippen molar-refractivity contribution >= 4 is 19.5 Å². The van der Waals surface area contributed by atoms with E-state index in [-0.39, 0.29) is 14.2 Å². The third-order valence-electron chi connectivity index (χ3n) is 3.15. The smallest absolute Gasteiger partial charge is 0.194 e. The number of hydrogen-bond donors (Lipinski definition) is 0. The van der Waals surface area contributed by atoms with Crippen LogP contribution in [0, 0.1) is 20.8 Å². The van der Waals surface area contributed by atoms with E-state index in [9.17, 15) is 9.36 Å². The lowest BCUT2D eigenvalue weighted by atomic mass is 9.93. The van der Waals surface area contributed by atoms with E-state index in [1.54, 1.807) is 24.3 Å². The number of hydrogen-bond acceptors (Lipinski definition) is 2. The topological polar surface area (TPSA) is 34.1 Å². The second-order valence-electron chi connectivity index (χ2n) is 4.71. The normalized spacial score (nSPS) is 10.7. The molecule has 0 bridgehead atoms. The molecule has 96 valence electrons. The van der Waals surface area contributed by atoms with Crippen LogP contribution in [0.2, 0.25) is 0 Å². The SMILES string of the molecule is Cc1cc(C)c(C(=O)c2ccccc2P=O)c(C)c1. The van der Waals surface area contributed by atoms with E-state index >= 15 is 0 Å². The van der Waals surface area contributed by atoms with Crippen molar-refractivity contribution in [3.05, 3.63) is 64.2 Å². The summed E-state index contributed by atoms with van der Waals surface area (Å²) < 4.78 is 11.1. The number of aryl methyl sites for hydroxylation is 3. The monoisotopic (exact) mass is 270 g/mol. The highest BCUT2D eigenvalue weighted by Gasteiger charge is 2.17. The Labute approximate surface area is 114 Å². The molecule has 0 saturated heterocycles. The van der Waals surface area contributed by atoms with E-state index < -0.39 is 0 Å². The molecule has 19 heavy (non-hydrogen) atoms. The molecule has 0 aliphatic heterocycles. The van der Waals surface area contributed by atoms with Crippen molar-refractivity contribution in [1.29, 1.82) is 0 Å². The lowest BCUT2D eigenvalue weighted by Crippen LogP contribution is -2.13. The summed E-state index contributed by atoms with van der Waals surface area (Å²) >= 11 is 0. The van der Waals surface area contributed by atoms with Gasteiger partial charge in [-0.3, -0.25) is 9.36 Å². The lowest BCUT2D eigenvalue weighted by Gasteiger charge is -2.11. The number of rotatable bonds is 3. The van der Waals surface area contributed by atoms with Gasteiger partial charge in [0.1, 0.15) is 0 Å². The summed E-state index contributed by atoms with van der Waals surface area (Å²) in [6.07, 6.45) is 0. The minimum absolute atomic E-state index is 0.0612. The molecule has 0 aliphatic carbocycles. The van der Waals surface area contributed by atoms with Gasteiger partial charge in [0, 0.05) is 11.1 Å². The molecule has 3 heteroatoms. The minimum Gasteiger partial charge on any atom is -0.289 e. The molecule has 0 fully saturated rings. The van der Waals surface area contributed by atoms with Crippen LogP contribution in [0.4, 0.5) is 0 Å². The van der Waals surface area contributed by atoms with Crippen molar-refractivity contribution < 1.29 is 9.36 Å². The molecule has 0 aromatic heterocycles. The average molecular weight is 270 g/mol. The average Bonchev–Trinajstić information content (AvgIpc) is 2.37. The van der Waals surface area contributed by atoms with Crippen LogP contribution in [0.3, 0.4) is 0 Å². The zero-order valence-corrected chi connectivity index (χ0v) is 12.1. The van der Waals surface area contributed by atoms with Crippen LogP contribution in [0.1, 0.15) is 32.6 Å². The van der Waals surface area contributed by atoms with Crippen molar-refractivity contribution in [3.63, 3.8) is 0 Å². The third-order valence-corrected chi connectivity index (χ3v) is 3.74. The third kappa shape index (κ3) is 2.64. The molecule has 0 aliphatic rings. The Morgan fingerprint density at radius 3 is 2.16 bits per heavy atom. The summed E-state index contributed by atoms with van der Waals surface area (Å²) in [6.45, 7) is 5.88. The Bertz CT molecular complexity index is 637. The zero-order valence-electron chi connectivity index (χ0n) is 11.2. The molecule has 2 nitrogen and oxygen atoms in total. The highest BCUT2D eigenvalue weighted by Crippen LogP contribution is 2.20. The first-order chi connectivity index (χ1) is 9.04. The summed E-state index contributed by atoms with van der Waals surface area (Å²) in [6, 6.07) is 11.0. The predicted molar refractivity (Wildman–Crippen MR) is 77.8 cm³/mol. The number of carbonyl (C=O) groups excluding carboxylic acids is 1. The standard InChI is InChI=1S/C16H15O2P/c1-10-8-11(2)15(12(3)9-10)16(17)13-6-4-5-7-14(13)19-18/h4-9H,1-3H3. The fourth-order valence-corrected chi connectivity index (χ4v) is 2.84. The summed E-state index contributed by atoms with van der Waals surface area (Å²) in [7, 11) is -0.125. The Hall–Kier alpha value is -1.79. The van der Waals surface area contributed by atoms with Gasteiger partial charge < -0.3 is 0 Å². The van der Waals surface area contributed by atoms with Gasteiger partial charge in [-0.15, -0.1) is 0 Å². The van der Waals surface area contributed by atoms with Crippen LogP contribution in [0.15, 0.2) is 36.4 Å². The number of ketones is 1. The first kappa shape index (κ1) is 13.6. The van der Waals surface area contributed by atoms with E-state index in [2.05, 4.69) is 0 Å². The number of carbonyl (C=O) groups is 1. The van der Waals surface area contributed by atoms with Gasteiger partial charge in [0.2, 0.25) is 0 Å². The number of benzene rings is 2. The van der Waals surface area contributed by atoms with Crippen LogP contribution >= 0.6 is 8.46 Å². The molecule has 0 saturated carbocycles. The molecule has 0 unspecified atom stereocenters. The van der Waals surface area contributed by atoms with Crippen LogP contribution in [0.5, 0.6) is 0 Å². The quantitative estimate of drug-likeness (QED) is 0.628. The van der Waals surface area contributed by atoms with E-state index in [4.69, 9.17) is 0 Å². The molecule has 0 radical (unpaired) electrons. The molecule has 2 rings (SSSR count). The highest BCUT2D eigenvalue weighted by atomic mass is 31.1. The first-order valence-electron chi connectivity index (χ1n) is 6.09. The summed E-state index contributed by atoms with van der Waals surface area (Å²) in [5.41, 5.74) is 4.28. The largest absolute Gasteiger partial charge is 0.289 e. The van der Waals surface area contributed by atoms with Crippen LogP contribution in [-0.2, 0) is 4.57 Å². The molecular formula is C16H15O2P. The van der Waals surface area contributed by atoms with Crippen molar-refractivity contribution in [2.45, 2.75) is 20.8 Å². The zero-order chi connectivity index (χ0) is 14.0. The van der Waals surface area contributed by atoms with Crippen molar-refractivity contribution in [2.24, 2.45) is 0 Å². The van der Waals surface area contributed by atoms with Gasteiger partial charge in [-0.2, -0.15) is 0 Å². The van der Waals surface area contributed by atoms with Crippen molar-refractivity contribution in [3.8, 4) is 0 Å². The summed E-state index contributed by atoms with van der Waals surface area (Å²) in [4.78, 5) is 12.6. The van der Waals surface area contributed by atoms with Gasteiger partial charge in [0.15, 0.2) is 14.2 Å². The summed E-state index contributed by atoms with van der Waals surface area (Å²) in [5.74, 6) is -0.0612. The minimum atomic E-state index is -0.125. The fourth-order valence-electron chi connectivity index (χ4n) is 2.42. The molecule has 0 amide bonds. The van der Waals surface area contributed by atoms with Gasteiger partial charge >= 0.3 is 0 Å². The van der Waals surface area contributed by atoms with Gasteiger partial charge in [-0.05, 0) is 44.0 Å².